The first kappa shape index (κ1) is 13.3. The standard InChI is InChI=1S/C12H26N2S/c1-4-12-10-14(8-9-15-12)11(2)6-5-7-13-3/h11-13H,4-10H2,1-3H3. The van der Waals surface area contributed by atoms with E-state index in [0.717, 1.165) is 17.8 Å². The average molecular weight is 230 g/mol. The summed E-state index contributed by atoms with van der Waals surface area (Å²) in [4.78, 5) is 2.68. The second-order valence-corrected chi connectivity index (χ2v) is 5.90. The minimum absolute atomic E-state index is 0.772. The first-order valence-electron chi connectivity index (χ1n) is 6.28. The van der Waals surface area contributed by atoms with Crippen molar-refractivity contribution < 1.29 is 0 Å². The maximum atomic E-state index is 3.22. The number of nitrogens with zero attached hydrogens (tertiary/aromatic N) is 1. The van der Waals surface area contributed by atoms with Gasteiger partial charge in [-0.3, -0.25) is 4.90 Å². The van der Waals surface area contributed by atoms with E-state index in [9.17, 15) is 0 Å². The summed E-state index contributed by atoms with van der Waals surface area (Å²) in [5.41, 5.74) is 0. The molecule has 2 nitrogen and oxygen atoms in total. The number of nitrogens with one attached hydrogen (secondary N) is 1. The lowest BCUT2D eigenvalue weighted by Gasteiger charge is -2.36. The summed E-state index contributed by atoms with van der Waals surface area (Å²) in [7, 11) is 2.04. The Morgan fingerprint density at radius 3 is 3.00 bits per heavy atom. The van der Waals surface area contributed by atoms with Gasteiger partial charge in [-0.2, -0.15) is 11.8 Å². The zero-order chi connectivity index (χ0) is 11.1. The predicted molar refractivity (Wildman–Crippen MR) is 70.7 cm³/mol. The largest absolute Gasteiger partial charge is 0.320 e. The van der Waals surface area contributed by atoms with Gasteiger partial charge in [-0.15, -0.1) is 0 Å². The summed E-state index contributed by atoms with van der Waals surface area (Å²) in [6.45, 7) is 8.46. The van der Waals surface area contributed by atoms with E-state index in [1.54, 1.807) is 0 Å². The highest BCUT2D eigenvalue weighted by Gasteiger charge is 2.22. The molecule has 0 aromatic carbocycles. The van der Waals surface area contributed by atoms with E-state index in [-0.39, 0.29) is 0 Å². The molecule has 2 atom stereocenters. The molecular weight excluding hydrogens is 204 g/mol. The lowest BCUT2D eigenvalue weighted by atomic mass is 10.1. The summed E-state index contributed by atoms with van der Waals surface area (Å²) in [6.07, 6.45) is 3.96. The van der Waals surface area contributed by atoms with E-state index < -0.39 is 0 Å². The lowest BCUT2D eigenvalue weighted by Crippen LogP contribution is -2.43. The molecule has 1 aliphatic rings. The predicted octanol–water partition coefficient (Wildman–Crippen LogP) is 2.20. The maximum absolute atomic E-state index is 3.22. The van der Waals surface area contributed by atoms with Gasteiger partial charge in [0, 0.05) is 30.1 Å². The molecule has 0 spiro atoms. The number of hydrogen-bond acceptors (Lipinski definition) is 3. The zero-order valence-electron chi connectivity index (χ0n) is 10.5. The van der Waals surface area contributed by atoms with E-state index >= 15 is 0 Å². The van der Waals surface area contributed by atoms with Gasteiger partial charge in [-0.05, 0) is 39.8 Å². The molecule has 1 rings (SSSR count). The van der Waals surface area contributed by atoms with Crippen LogP contribution in [0.4, 0.5) is 0 Å². The van der Waals surface area contributed by atoms with Crippen LogP contribution in [0, 0.1) is 0 Å². The first-order valence-corrected chi connectivity index (χ1v) is 7.33. The van der Waals surface area contributed by atoms with Gasteiger partial charge in [0.05, 0.1) is 0 Å². The highest BCUT2D eigenvalue weighted by Crippen LogP contribution is 2.23. The monoisotopic (exact) mass is 230 g/mol. The van der Waals surface area contributed by atoms with Gasteiger partial charge in [0.25, 0.3) is 0 Å². The van der Waals surface area contributed by atoms with Gasteiger partial charge in [0.2, 0.25) is 0 Å². The summed E-state index contributed by atoms with van der Waals surface area (Å²) in [6, 6.07) is 0.772. The highest BCUT2D eigenvalue weighted by atomic mass is 32.2. The van der Waals surface area contributed by atoms with Crippen LogP contribution >= 0.6 is 11.8 Å². The van der Waals surface area contributed by atoms with Crippen molar-refractivity contribution in [3.8, 4) is 0 Å². The topological polar surface area (TPSA) is 15.3 Å². The minimum Gasteiger partial charge on any atom is -0.320 e. The molecule has 0 amide bonds. The van der Waals surface area contributed by atoms with Crippen molar-refractivity contribution in [2.45, 2.75) is 44.4 Å². The Labute approximate surface area is 99.2 Å². The van der Waals surface area contributed by atoms with Crippen LogP contribution in [-0.2, 0) is 0 Å². The maximum Gasteiger partial charge on any atom is 0.0172 e. The van der Waals surface area contributed by atoms with Gasteiger partial charge < -0.3 is 5.32 Å². The fourth-order valence-corrected chi connectivity index (χ4v) is 3.35. The third-order valence-electron chi connectivity index (χ3n) is 3.30. The van der Waals surface area contributed by atoms with Crippen molar-refractivity contribution >= 4 is 11.8 Å². The quantitative estimate of drug-likeness (QED) is 0.704. The Hall–Kier alpha value is 0.270. The molecule has 0 saturated carbocycles. The Morgan fingerprint density at radius 1 is 1.53 bits per heavy atom. The molecule has 1 N–H and O–H groups in total. The van der Waals surface area contributed by atoms with Crippen molar-refractivity contribution in [3.05, 3.63) is 0 Å². The molecule has 90 valence electrons. The van der Waals surface area contributed by atoms with Crippen LogP contribution in [0.15, 0.2) is 0 Å². The third-order valence-corrected chi connectivity index (χ3v) is 4.67. The Kier molecular flexibility index (Phi) is 6.69. The number of rotatable bonds is 6. The van der Waals surface area contributed by atoms with E-state index in [1.165, 1.54) is 38.1 Å². The van der Waals surface area contributed by atoms with E-state index in [4.69, 9.17) is 0 Å². The summed E-state index contributed by atoms with van der Waals surface area (Å²) < 4.78 is 0. The molecule has 1 heterocycles. The van der Waals surface area contributed by atoms with E-state index in [1.807, 2.05) is 7.05 Å². The fourth-order valence-electron chi connectivity index (χ4n) is 2.15. The van der Waals surface area contributed by atoms with Gasteiger partial charge in [-0.1, -0.05) is 6.92 Å². The minimum atomic E-state index is 0.772. The molecule has 0 aromatic heterocycles. The Balaban J connectivity index is 2.22. The Bertz CT molecular complexity index is 164. The Morgan fingerprint density at radius 2 is 2.33 bits per heavy atom. The van der Waals surface area contributed by atoms with Crippen LogP contribution in [-0.4, -0.2) is 48.6 Å². The van der Waals surface area contributed by atoms with E-state index in [2.05, 4.69) is 35.8 Å². The number of hydrogen-bond donors (Lipinski definition) is 1. The van der Waals surface area contributed by atoms with Crippen LogP contribution in [0.3, 0.4) is 0 Å². The molecule has 1 aliphatic heterocycles. The highest BCUT2D eigenvalue weighted by molar-refractivity contribution is 8.00. The average Bonchev–Trinajstić information content (AvgIpc) is 2.29. The third kappa shape index (κ3) is 4.75. The summed E-state index contributed by atoms with van der Waals surface area (Å²) in [5.74, 6) is 1.33. The first-order chi connectivity index (χ1) is 7.27. The molecular formula is C12H26N2S. The van der Waals surface area contributed by atoms with Crippen LogP contribution in [0.25, 0.3) is 0 Å². The van der Waals surface area contributed by atoms with Gasteiger partial charge in [0.1, 0.15) is 0 Å². The van der Waals surface area contributed by atoms with Crippen molar-refractivity contribution in [1.29, 1.82) is 0 Å². The molecule has 2 unspecified atom stereocenters. The SMILES string of the molecule is CCC1CN(C(C)CCCNC)CCS1. The second-order valence-electron chi connectivity index (χ2n) is 4.49. The number of thioether (sulfide) groups is 1. The normalized spacial score (nSPS) is 25.4. The zero-order valence-corrected chi connectivity index (χ0v) is 11.3. The van der Waals surface area contributed by atoms with Crippen molar-refractivity contribution in [2.24, 2.45) is 0 Å². The molecule has 0 radical (unpaired) electrons. The van der Waals surface area contributed by atoms with Crippen molar-refractivity contribution in [2.75, 3.05) is 32.4 Å². The molecule has 0 bridgehead atoms. The van der Waals surface area contributed by atoms with Crippen LogP contribution in [0.5, 0.6) is 0 Å². The summed E-state index contributed by atoms with van der Waals surface area (Å²) in [5, 5.41) is 4.10. The van der Waals surface area contributed by atoms with Gasteiger partial charge in [-0.25, -0.2) is 0 Å². The molecule has 1 saturated heterocycles. The molecule has 15 heavy (non-hydrogen) atoms. The molecule has 1 fully saturated rings. The summed E-state index contributed by atoms with van der Waals surface area (Å²) >= 11 is 2.16. The van der Waals surface area contributed by atoms with Crippen LogP contribution < -0.4 is 5.32 Å². The van der Waals surface area contributed by atoms with Crippen molar-refractivity contribution in [3.63, 3.8) is 0 Å². The van der Waals surface area contributed by atoms with Crippen LogP contribution in [0.1, 0.15) is 33.1 Å². The molecule has 0 aromatic rings. The van der Waals surface area contributed by atoms with Gasteiger partial charge >= 0.3 is 0 Å². The fraction of sp³-hybridized carbons (Fsp3) is 1.00. The van der Waals surface area contributed by atoms with Gasteiger partial charge in [0.15, 0.2) is 0 Å². The second kappa shape index (κ2) is 7.53. The van der Waals surface area contributed by atoms with E-state index in [0.29, 0.717) is 0 Å². The van der Waals surface area contributed by atoms with Crippen LogP contribution in [0.2, 0.25) is 0 Å². The molecule has 0 aliphatic carbocycles. The smallest absolute Gasteiger partial charge is 0.0172 e. The molecule has 3 heteroatoms. The lowest BCUT2D eigenvalue weighted by molar-refractivity contribution is 0.203. The van der Waals surface area contributed by atoms with Crippen molar-refractivity contribution in [1.82, 2.24) is 10.2 Å².